The molecule has 0 aliphatic heterocycles. The second kappa shape index (κ2) is 6.85. The van der Waals surface area contributed by atoms with E-state index in [1.165, 1.54) is 0 Å². The van der Waals surface area contributed by atoms with E-state index < -0.39 is 0 Å². The molecule has 1 aliphatic carbocycles. The highest BCUT2D eigenvalue weighted by Gasteiger charge is 2.29. The molecule has 3 heterocycles. The van der Waals surface area contributed by atoms with Crippen molar-refractivity contribution < 1.29 is 4.79 Å². The molecule has 0 aromatic carbocycles. The van der Waals surface area contributed by atoms with Crippen molar-refractivity contribution >= 4 is 38.4 Å². The Balaban J connectivity index is 1.72. The molecule has 0 unspecified atom stereocenters. The Morgan fingerprint density at radius 1 is 1.12 bits per heavy atom. The quantitative estimate of drug-likeness (QED) is 0.656. The number of hydrogen-bond acceptors (Lipinski definition) is 4. The van der Waals surface area contributed by atoms with Gasteiger partial charge in [-0.05, 0) is 59.8 Å². The zero-order chi connectivity index (χ0) is 18.1. The largest absolute Gasteiger partial charge is 0.310 e. The second-order valence-corrected chi connectivity index (χ2v) is 7.16. The molecule has 4 rings (SSSR count). The van der Waals surface area contributed by atoms with Gasteiger partial charge in [-0.25, -0.2) is 9.97 Å². The Kier molecular flexibility index (Phi) is 4.39. The van der Waals surface area contributed by atoms with Crippen molar-refractivity contribution in [2.75, 3.05) is 5.32 Å². The maximum Gasteiger partial charge on any atom is 0.228 e. The summed E-state index contributed by atoms with van der Waals surface area (Å²) in [7, 11) is 0. The van der Waals surface area contributed by atoms with Gasteiger partial charge < -0.3 is 5.32 Å². The fourth-order valence-corrected chi connectivity index (χ4v) is 2.82. The molecule has 3 aromatic rings. The van der Waals surface area contributed by atoms with Gasteiger partial charge in [-0.2, -0.15) is 0 Å². The molecule has 3 aromatic heterocycles. The number of carbonyl (C=O) groups is 1. The van der Waals surface area contributed by atoms with Crippen LogP contribution in [0.15, 0.2) is 41.3 Å². The summed E-state index contributed by atoms with van der Waals surface area (Å²) in [6.07, 6.45) is 7.11. The Morgan fingerprint density at radius 3 is 2.69 bits per heavy atom. The zero-order valence-electron chi connectivity index (χ0n) is 14.1. The van der Waals surface area contributed by atoms with E-state index in [9.17, 15) is 4.79 Å². The summed E-state index contributed by atoms with van der Waals surface area (Å²) in [5.41, 5.74) is 2.33. The van der Waals surface area contributed by atoms with Crippen LogP contribution in [0.2, 0.25) is 0 Å². The van der Waals surface area contributed by atoms with Gasteiger partial charge in [0.2, 0.25) is 5.91 Å². The molecule has 0 bridgehead atoms. The molecule has 1 saturated carbocycles. The van der Waals surface area contributed by atoms with Gasteiger partial charge in [0.1, 0.15) is 11.5 Å². The first kappa shape index (κ1) is 16.7. The standard InChI is InChI=1S/C20H15BrN4O/c1-12-18-11-24-19(25-20(26)13-2-3-13)8-17(18)14(9-22-12)4-6-16-7-5-15(21)10-23-16/h5,7-11,13H,2-3H2,1H3,(H,24,25,26). The molecule has 5 nitrogen and oxygen atoms in total. The van der Waals surface area contributed by atoms with Crippen LogP contribution in [0.1, 0.15) is 29.8 Å². The summed E-state index contributed by atoms with van der Waals surface area (Å²) in [5, 5.41) is 4.73. The minimum Gasteiger partial charge on any atom is -0.310 e. The van der Waals surface area contributed by atoms with Crippen LogP contribution >= 0.6 is 15.9 Å². The Labute approximate surface area is 159 Å². The second-order valence-electron chi connectivity index (χ2n) is 6.25. The van der Waals surface area contributed by atoms with Gasteiger partial charge in [0, 0.05) is 45.4 Å². The normalized spacial score (nSPS) is 13.2. The molecule has 0 radical (unpaired) electrons. The number of anilines is 1. The predicted octanol–water partition coefficient (Wildman–Crippen LogP) is 3.84. The van der Waals surface area contributed by atoms with E-state index in [1.54, 1.807) is 18.6 Å². The zero-order valence-corrected chi connectivity index (χ0v) is 15.7. The first-order valence-corrected chi connectivity index (χ1v) is 9.09. The van der Waals surface area contributed by atoms with E-state index in [-0.39, 0.29) is 11.8 Å². The predicted molar refractivity (Wildman–Crippen MR) is 104 cm³/mol. The Hall–Kier alpha value is -2.78. The molecule has 1 N–H and O–H groups in total. The van der Waals surface area contributed by atoms with Crippen molar-refractivity contribution in [2.24, 2.45) is 5.92 Å². The highest BCUT2D eigenvalue weighted by molar-refractivity contribution is 9.10. The summed E-state index contributed by atoms with van der Waals surface area (Å²) < 4.78 is 0.910. The van der Waals surface area contributed by atoms with Crippen molar-refractivity contribution in [3.8, 4) is 11.8 Å². The number of hydrogen-bond donors (Lipinski definition) is 1. The van der Waals surface area contributed by atoms with Crippen molar-refractivity contribution in [3.63, 3.8) is 0 Å². The molecule has 0 spiro atoms. The maximum absolute atomic E-state index is 12.0. The number of nitrogens with one attached hydrogen (secondary N) is 1. The van der Waals surface area contributed by atoms with E-state index in [1.807, 2.05) is 25.1 Å². The van der Waals surface area contributed by atoms with Crippen LogP contribution in [-0.2, 0) is 4.79 Å². The Bertz CT molecular complexity index is 1060. The minimum atomic E-state index is 0.0364. The smallest absolute Gasteiger partial charge is 0.228 e. The van der Waals surface area contributed by atoms with Crippen LogP contribution in [0.5, 0.6) is 0 Å². The van der Waals surface area contributed by atoms with E-state index in [0.29, 0.717) is 11.5 Å². The van der Waals surface area contributed by atoms with E-state index >= 15 is 0 Å². The van der Waals surface area contributed by atoms with Crippen molar-refractivity contribution in [3.05, 3.63) is 58.2 Å². The number of aryl methyl sites for hydroxylation is 1. The lowest BCUT2D eigenvalue weighted by Gasteiger charge is -2.07. The fraction of sp³-hybridized carbons (Fsp3) is 0.200. The molecular formula is C20H15BrN4O. The van der Waals surface area contributed by atoms with Gasteiger partial charge in [0.25, 0.3) is 0 Å². The van der Waals surface area contributed by atoms with Crippen molar-refractivity contribution in [1.82, 2.24) is 15.0 Å². The molecule has 1 aliphatic rings. The molecule has 0 atom stereocenters. The SMILES string of the molecule is Cc1ncc(C#Cc2ccc(Br)cn2)c2cc(NC(=O)C3CC3)ncc12. The molecule has 128 valence electrons. The van der Waals surface area contributed by atoms with Gasteiger partial charge in [0.15, 0.2) is 0 Å². The third kappa shape index (κ3) is 3.58. The third-order valence-corrected chi connectivity index (χ3v) is 4.69. The van der Waals surface area contributed by atoms with Gasteiger partial charge in [-0.3, -0.25) is 9.78 Å². The number of nitrogens with zero attached hydrogens (tertiary/aromatic N) is 3. The van der Waals surface area contributed by atoms with Crippen molar-refractivity contribution in [1.29, 1.82) is 0 Å². The summed E-state index contributed by atoms with van der Waals surface area (Å²) in [5.74, 6) is 6.91. The number of fused-ring (bicyclic) bond motifs is 1. The summed E-state index contributed by atoms with van der Waals surface area (Å²) in [6, 6.07) is 5.62. The summed E-state index contributed by atoms with van der Waals surface area (Å²) >= 11 is 3.36. The lowest BCUT2D eigenvalue weighted by molar-refractivity contribution is -0.117. The Morgan fingerprint density at radius 2 is 1.96 bits per heavy atom. The highest BCUT2D eigenvalue weighted by Crippen LogP contribution is 2.30. The monoisotopic (exact) mass is 406 g/mol. The number of carbonyl (C=O) groups excluding carboxylic acids is 1. The maximum atomic E-state index is 12.0. The lowest BCUT2D eigenvalue weighted by Crippen LogP contribution is -2.14. The topological polar surface area (TPSA) is 67.8 Å². The van der Waals surface area contributed by atoms with Gasteiger partial charge in [0.05, 0.1) is 5.56 Å². The van der Waals surface area contributed by atoms with E-state index in [2.05, 4.69) is 48.0 Å². The number of pyridine rings is 3. The molecule has 0 saturated heterocycles. The lowest BCUT2D eigenvalue weighted by atomic mass is 10.1. The van der Waals surface area contributed by atoms with Gasteiger partial charge >= 0.3 is 0 Å². The van der Waals surface area contributed by atoms with Gasteiger partial charge in [-0.15, -0.1) is 0 Å². The van der Waals surface area contributed by atoms with Crippen LogP contribution in [0, 0.1) is 24.7 Å². The number of amides is 1. The fourth-order valence-electron chi connectivity index (χ4n) is 2.59. The van der Waals surface area contributed by atoms with Crippen LogP contribution < -0.4 is 5.32 Å². The molecule has 1 fully saturated rings. The van der Waals surface area contributed by atoms with Crippen LogP contribution in [0.4, 0.5) is 5.82 Å². The van der Waals surface area contributed by atoms with Crippen LogP contribution in [0.3, 0.4) is 0 Å². The molecular weight excluding hydrogens is 392 g/mol. The first-order chi connectivity index (χ1) is 12.6. The van der Waals surface area contributed by atoms with Crippen LogP contribution in [-0.4, -0.2) is 20.9 Å². The first-order valence-electron chi connectivity index (χ1n) is 8.30. The average Bonchev–Trinajstić information content (AvgIpc) is 3.48. The molecule has 1 amide bonds. The molecule has 26 heavy (non-hydrogen) atoms. The van der Waals surface area contributed by atoms with Gasteiger partial charge in [-0.1, -0.05) is 5.92 Å². The van der Waals surface area contributed by atoms with Crippen molar-refractivity contribution in [2.45, 2.75) is 19.8 Å². The number of halogens is 1. The average molecular weight is 407 g/mol. The number of aromatic nitrogens is 3. The van der Waals surface area contributed by atoms with E-state index in [0.717, 1.165) is 39.3 Å². The molecule has 6 heteroatoms. The van der Waals surface area contributed by atoms with Crippen LogP contribution in [0.25, 0.3) is 10.8 Å². The summed E-state index contributed by atoms with van der Waals surface area (Å²) in [6.45, 7) is 1.93. The summed E-state index contributed by atoms with van der Waals surface area (Å²) in [4.78, 5) is 25.0. The number of rotatable bonds is 2. The highest BCUT2D eigenvalue weighted by atomic mass is 79.9. The van der Waals surface area contributed by atoms with E-state index in [4.69, 9.17) is 0 Å². The third-order valence-electron chi connectivity index (χ3n) is 4.22. The minimum absolute atomic E-state index is 0.0364.